The number of allylic oxidation sites excluding steroid dienone is 8. The van der Waals surface area contributed by atoms with Gasteiger partial charge in [0.15, 0.2) is 0 Å². The van der Waals surface area contributed by atoms with Gasteiger partial charge in [-0.1, -0.05) is 297 Å². The van der Waals surface area contributed by atoms with Gasteiger partial charge in [0, 0.05) is 25.7 Å². The van der Waals surface area contributed by atoms with Crippen molar-refractivity contribution < 1.29 is 38.1 Å². The van der Waals surface area contributed by atoms with Gasteiger partial charge in [0.25, 0.3) is 0 Å². The monoisotopic (exact) mass is 1610 g/mol. The van der Waals surface area contributed by atoms with E-state index < -0.39 is 0 Å². The smallest absolute Gasteiger partial charge is 0.789 e. The van der Waals surface area contributed by atoms with Crippen molar-refractivity contribution in [2.24, 2.45) is 0 Å². The fraction of sp³-hybridized carbons (Fsp3) is 0.846. The van der Waals surface area contributed by atoms with Crippen LogP contribution in [0.25, 0.3) is 0 Å². The van der Waals surface area contributed by atoms with Crippen LogP contribution >= 0.6 is 13.5 Å². The Kier molecular flexibility index (Phi) is 130. The van der Waals surface area contributed by atoms with Crippen molar-refractivity contribution in [3.8, 4) is 0 Å². The molecule has 0 aliphatic carbocycles. The minimum atomic E-state index is -0.0846. The van der Waals surface area contributed by atoms with E-state index in [1.54, 1.807) is 0 Å². The Balaban J connectivity index is -0.000000142. The molecular weight excluding hydrogens is 1460 g/mol. The number of ether oxygens (including phenoxy) is 4. The van der Waals surface area contributed by atoms with Gasteiger partial charge in [-0.2, -0.15) is 13.5 Å². The Morgan fingerprint density at radius 3 is 0.495 bits per heavy atom. The SMILES string of the molecule is C.C.CC/C=C/CCCCCCCCCCCCC(=O)OCC[S-].CC/C=C/CCCCCCCCCCCCC(=O)OCC[S-].CC/C=C/CCCCCCCCCCCCC(=O)OCC[S-].CC/C=C/CCCCCCCCCCCCC(=O)OCC[S-].S.[Sn+2].[Sn+2]. The summed E-state index contributed by atoms with van der Waals surface area (Å²) in [5.41, 5.74) is 0. The first-order valence-corrected chi connectivity index (χ1v) is 39.1. The van der Waals surface area contributed by atoms with E-state index in [0.29, 0.717) is 75.1 Å². The molecule has 0 N–H and O–H groups in total. The maximum atomic E-state index is 11.2. The number of hydrogen-bond donors (Lipinski definition) is 0. The minimum absolute atomic E-state index is 0. The molecule has 0 spiro atoms. The molecule has 8 nitrogen and oxygen atoms in total. The molecule has 0 saturated carbocycles. The van der Waals surface area contributed by atoms with Gasteiger partial charge in [-0.15, -0.1) is 23.0 Å². The van der Waals surface area contributed by atoms with Gasteiger partial charge in [-0.3, -0.25) is 19.2 Å². The summed E-state index contributed by atoms with van der Waals surface area (Å²) in [5.74, 6) is 1.67. The Morgan fingerprint density at radius 1 is 0.237 bits per heavy atom. The Hall–Kier alpha value is 0.187. The average Bonchev–Trinajstić information content (AvgIpc) is 3.56. The Morgan fingerprint density at radius 2 is 0.366 bits per heavy atom. The van der Waals surface area contributed by atoms with Gasteiger partial charge in [-0.25, -0.2) is 0 Å². The van der Waals surface area contributed by atoms with Gasteiger partial charge in [0.2, 0.25) is 0 Å². The maximum absolute atomic E-state index is 11.2. The van der Waals surface area contributed by atoms with E-state index in [9.17, 15) is 19.2 Å². The molecule has 0 aromatic heterocycles. The van der Waals surface area contributed by atoms with Crippen LogP contribution in [0.1, 0.15) is 376 Å². The largest absolute Gasteiger partial charge is 2.00 e. The molecule has 0 atom stereocenters. The van der Waals surface area contributed by atoms with Crippen molar-refractivity contribution in [3.05, 3.63) is 48.6 Å². The van der Waals surface area contributed by atoms with Gasteiger partial charge >= 0.3 is 71.7 Å². The van der Waals surface area contributed by atoms with Crippen LogP contribution in [0, 0.1) is 0 Å². The van der Waals surface area contributed by atoms with Crippen molar-refractivity contribution >= 4 is 136 Å². The van der Waals surface area contributed by atoms with Crippen molar-refractivity contribution in [2.75, 3.05) is 49.4 Å². The predicted octanol–water partition coefficient (Wildman–Crippen LogP) is 23.5. The van der Waals surface area contributed by atoms with Crippen LogP contribution in [-0.4, -0.2) is 121 Å². The van der Waals surface area contributed by atoms with Crippen LogP contribution in [0.3, 0.4) is 0 Å². The molecule has 0 saturated heterocycles. The molecule has 4 radical (unpaired) electrons. The zero-order valence-electron chi connectivity index (χ0n) is 59.4. The van der Waals surface area contributed by atoms with Crippen molar-refractivity contribution in [2.45, 2.75) is 376 Å². The molecule has 0 rings (SSSR count). The van der Waals surface area contributed by atoms with E-state index in [-0.39, 0.29) is 100 Å². The fourth-order valence-corrected chi connectivity index (χ4v) is 10.2. The standard InChI is InChI=1S/4C19H36O2S.2CH4.H2S.2Sn/c4*1-2-3-4-5-6-7-8-9-10-11-12-13-14-15-16-19(20)21-17-18-22;;;;;/h4*3-4,22H,2,5-18H2,1H3;2*1H4;1H2;;/q;;;;;;;2*+2/p-4/b4*4-3+;;;;;. The summed E-state index contributed by atoms with van der Waals surface area (Å²) in [7, 11) is 0. The van der Waals surface area contributed by atoms with Crippen LogP contribution in [0.5, 0.6) is 0 Å². The number of rotatable bonds is 64. The van der Waals surface area contributed by atoms with E-state index >= 15 is 0 Å². The summed E-state index contributed by atoms with van der Waals surface area (Å²) in [6.07, 6.45) is 81.6. The van der Waals surface area contributed by atoms with Crippen LogP contribution in [0.2, 0.25) is 0 Å². The van der Waals surface area contributed by atoms with E-state index in [4.69, 9.17) is 69.5 Å². The number of unbranched alkanes of at least 4 members (excludes halogenated alkanes) is 40. The first kappa shape index (κ1) is 112. The number of esters is 4. The quantitative estimate of drug-likeness (QED) is 0.0145. The zero-order valence-corrected chi connectivity index (χ0v) is 69.4. The van der Waals surface area contributed by atoms with Crippen LogP contribution in [0.15, 0.2) is 48.6 Å². The third-order valence-electron chi connectivity index (χ3n) is 15.0. The van der Waals surface area contributed by atoms with E-state index in [1.165, 1.54) is 231 Å². The molecule has 0 unspecified atom stereocenters. The average molecular weight is 1610 g/mol. The van der Waals surface area contributed by atoms with Gasteiger partial charge in [0.1, 0.15) is 0 Å². The van der Waals surface area contributed by atoms with Gasteiger partial charge in [-0.05, 0) is 103 Å². The summed E-state index contributed by atoms with van der Waals surface area (Å²) >= 11 is 18.9. The third kappa shape index (κ3) is 117. The predicted molar refractivity (Wildman–Crippen MR) is 427 cm³/mol. The zero-order chi connectivity index (χ0) is 65.2. The molecule has 0 aliphatic rings. The van der Waals surface area contributed by atoms with E-state index in [1.807, 2.05) is 0 Å². The molecular formula is C78H150O8S5Sn2. The molecule has 93 heavy (non-hydrogen) atoms. The summed E-state index contributed by atoms with van der Waals surface area (Å²) < 4.78 is 19.8. The Labute approximate surface area is 642 Å². The summed E-state index contributed by atoms with van der Waals surface area (Å²) in [5, 5.41) is 0. The molecule has 0 heterocycles. The second-order valence-corrected chi connectivity index (χ2v) is 25.1. The Bertz CT molecular complexity index is 1290. The molecule has 0 amide bonds. The third-order valence-corrected chi connectivity index (χ3v) is 15.7. The molecule has 0 bridgehead atoms. The summed E-state index contributed by atoms with van der Waals surface area (Å²) in [6, 6.07) is 0. The molecule has 15 heteroatoms. The number of carbonyl (C=O) groups excluding carboxylic acids is 4. The molecule has 548 valence electrons. The first-order valence-electron chi connectivity index (χ1n) is 36.8. The maximum Gasteiger partial charge on any atom is 2.00 e. The summed E-state index contributed by atoms with van der Waals surface area (Å²) in [6.45, 7) is 10.3. The topological polar surface area (TPSA) is 105 Å². The first-order chi connectivity index (χ1) is 43.2. The fourth-order valence-electron chi connectivity index (χ4n) is 9.83. The molecule has 0 aromatic rings. The van der Waals surface area contributed by atoms with Crippen LogP contribution in [0.4, 0.5) is 0 Å². The number of hydrogen-bond acceptors (Lipinski definition) is 12. The minimum Gasteiger partial charge on any atom is -0.789 e. The van der Waals surface area contributed by atoms with Crippen molar-refractivity contribution in [1.29, 1.82) is 0 Å². The second kappa shape index (κ2) is 108. The van der Waals surface area contributed by atoms with E-state index in [0.717, 1.165) is 77.0 Å². The molecule has 0 aliphatic heterocycles. The van der Waals surface area contributed by atoms with Gasteiger partial charge in [0.05, 0.1) is 26.4 Å². The van der Waals surface area contributed by atoms with Crippen molar-refractivity contribution in [3.63, 3.8) is 0 Å². The van der Waals surface area contributed by atoms with Gasteiger partial charge < -0.3 is 69.5 Å². The molecule has 0 fully saturated rings. The number of carbonyl (C=O) groups is 4. The normalized spacial score (nSPS) is 10.6. The van der Waals surface area contributed by atoms with E-state index in [2.05, 4.69) is 76.3 Å². The molecule has 0 aromatic carbocycles. The summed E-state index contributed by atoms with van der Waals surface area (Å²) in [4.78, 5) is 45.0. The van der Waals surface area contributed by atoms with Crippen molar-refractivity contribution in [1.82, 2.24) is 0 Å². The van der Waals surface area contributed by atoms with Crippen LogP contribution in [-0.2, 0) is 88.6 Å². The van der Waals surface area contributed by atoms with Crippen LogP contribution < -0.4 is 0 Å². The second-order valence-electron chi connectivity index (χ2n) is 23.5.